The number of rotatable bonds is 5. The third kappa shape index (κ3) is 5.27. The van der Waals surface area contributed by atoms with Crippen LogP contribution in [0.2, 0.25) is 10.0 Å². The quantitative estimate of drug-likeness (QED) is 0.222. The Bertz CT molecular complexity index is 1270. The normalized spacial score (nSPS) is 14.3. The van der Waals surface area contributed by atoms with Crippen LogP contribution in [0.1, 0.15) is 16.7 Å². The first-order valence-corrected chi connectivity index (χ1v) is 11.0. The molecule has 0 saturated carbocycles. The predicted octanol–water partition coefficient (Wildman–Crippen LogP) is 6.25. The van der Waals surface area contributed by atoms with Gasteiger partial charge in [-0.1, -0.05) is 69.5 Å². The first kappa shape index (κ1) is 22.3. The second kappa shape index (κ2) is 9.69. The standard InChI is InChI=1S/C24H14BrCl2NO4/c25-16-6-9-21(31-22(29)10-14-4-2-1-3-5-14)15(11-16)12-20-24(30)32-23(28-20)18-8-7-17(26)13-19(18)27/h1-9,11-13H,10H2/b20-12+. The van der Waals surface area contributed by atoms with Crippen LogP contribution in [0, 0.1) is 0 Å². The van der Waals surface area contributed by atoms with Crippen molar-refractivity contribution in [3.8, 4) is 5.75 Å². The molecule has 3 aromatic rings. The molecule has 0 unspecified atom stereocenters. The highest BCUT2D eigenvalue weighted by Gasteiger charge is 2.26. The van der Waals surface area contributed by atoms with E-state index in [4.69, 9.17) is 32.7 Å². The van der Waals surface area contributed by atoms with Crippen LogP contribution in [0.15, 0.2) is 81.9 Å². The van der Waals surface area contributed by atoms with Crippen molar-refractivity contribution in [3.63, 3.8) is 0 Å². The van der Waals surface area contributed by atoms with Crippen LogP contribution in [-0.4, -0.2) is 17.8 Å². The largest absolute Gasteiger partial charge is 0.426 e. The Morgan fingerprint density at radius 2 is 1.84 bits per heavy atom. The van der Waals surface area contributed by atoms with Crippen molar-refractivity contribution in [1.29, 1.82) is 0 Å². The lowest BCUT2D eigenvalue weighted by molar-refractivity contribution is -0.133. The highest BCUT2D eigenvalue weighted by Crippen LogP contribution is 2.30. The lowest BCUT2D eigenvalue weighted by Crippen LogP contribution is -2.12. The second-order valence-electron chi connectivity index (χ2n) is 6.78. The topological polar surface area (TPSA) is 65.0 Å². The molecule has 3 aromatic carbocycles. The summed E-state index contributed by atoms with van der Waals surface area (Å²) in [6, 6.07) is 19.1. The molecule has 0 aromatic heterocycles. The van der Waals surface area contributed by atoms with E-state index in [0.29, 0.717) is 26.9 Å². The summed E-state index contributed by atoms with van der Waals surface area (Å²) in [5.74, 6) is -0.708. The molecular formula is C24H14BrCl2NO4. The number of aliphatic imine (C=N–C) groups is 1. The van der Waals surface area contributed by atoms with Gasteiger partial charge in [0.1, 0.15) is 5.75 Å². The summed E-state index contributed by atoms with van der Waals surface area (Å²) >= 11 is 15.5. The van der Waals surface area contributed by atoms with E-state index in [2.05, 4.69) is 20.9 Å². The predicted molar refractivity (Wildman–Crippen MR) is 127 cm³/mol. The Labute approximate surface area is 202 Å². The van der Waals surface area contributed by atoms with Gasteiger partial charge in [0.2, 0.25) is 5.90 Å². The Balaban J connectivity index is 1.62. The van der Waals surface area contributed by atoms with Crippen LogP contribution < -0.4 is 4.74 Å². The van der Waals surface area contributed by atoms with Gasteiger partial charge < -0.3 is 9.47 Å². The fourth-order valence-corrected chi connectivity index (χ4v) is 3.85. The SMILES string of the molecule is O=C(Cc1ccccc1)Oc1ccc(Br)cc1/C=C1/N=C(c2ccc(Cl)cc2Cl)OC1=O. The minimum Gasteiger partial charge on any atom is -0.426 e. The molecule has 4 rings (SSSR count). The Morgan fingerprint density at radius 3 is 2.59 bits per heavy atom. The fraction of sp³-hybridized carbons (Fsp3) is 0.0417. The Morgan fingerprint density at radius 1 is 1.06 bits per heavy atom. The number of hydrogen-bond acceptors (Lipinski definition) is 5. The van der Waals surface area contributed by atoms with Crippen molar-refractivity contribution in [2.45, 2.75) is 6.42 Å². The van der Waals surface area contributed by atoms with Crippen molar-refractivity contribution in [2.75, 3.05) is 0 Å². The van der Waals surface area contributed by atoms with Gasteiger partial charge in [-0.05, 0) is 48.0 Å². The monoisotopic (exact) mass is 529 g/mol. The molecule has 32 heavy (non-hydrogen) atoms. The fourth-order valence-electron chi connectivity index (χ4n) is 2.98. The summed E-state index contributed by atoms with van der Waals surface area (Å²) in [6.45, 7) is 0. The second-order valence-corrected chi connectivity index (χ2v) is 8.54. The molecule has 1 aliphatic heterocycles. The van der Waals surface area contributed by atoms with E-state index in [9.17, 15) is 9.59 Å². The minimum atomic E-state index is -0.646. The lowest BCUT2D eigenvalue weighted by atomic mass is 10.1. The van der Waals surface area contributed by atoms with Crippen LogP contribution in [-0.2, 0) is 20.7 Å². The van der Waals surface area contributed by atoms with E-state index in [-0.39, 0.29) is 18.0 Å². The van der Waals surface area contributed by atoms with Crippen LogP contribution in [0.25, 0.3) is 6.08 Å². The van der Waals surface area contributed by atoms with Crippen LogP contribution >= 0.6 is 39.1 Å². The zero-order chi connectivity index (χ0) is 22.7. The van der Waals surface area contributed by atoms with Crippen molar-refractivity contribution in [1.82, 2.24) is 0 Å². The molecule has 0 saturated heterocycles. The van der Waals surface area contributed by atoms with Gasteiger partial charge in [0.05, 0.1) is 17.0 Å². The first-order chi connectivity index (χ1) is 15.4. The van der Waals surface area contributed by atoms with Gasteiger partial charge in [0.15, 0.2) is 5.70 Å². The Kier molecular flexibility index (Phi) is 6.74. The highest BCUT2D eigenvalue weighted by molar-refractivity contribution is 9.10. The molecule has 1 heterocycles. The molecule has 0 amide bonds. The number of ether oxygens (including phenoxy) is 2. The third-order valence-electron chi connectivity index (χ3n) is 4.46. The summed E-state index contributed by atoms with van der Waals surface area (Å²) in [7, 11) is 0. The summed E-state index contributed by atoms with van der Waals surface area (Å²) in [5.41, 5.74) is 1.81. The summed E-state index contributed by atoms with van der Waals surface area (Å²) in [6.07, 6.45) is 1.61. The van der Waals surface area contributed by atoms with Crippen molar-refractivity contribution in [2.24, 2.45) is 4.99 Å². The van der Waals surface area contributed by atoms with Crippen LogP contribution in [0.5, 0.6) is 5.75 Å². The number of halogens is 3. The number of esters is 2. The summed E-state index contributed by atoms with van der Waals surface area (Å²) in [4.78, 5) is 29.1. The zero-order valence-electron chi connectivity index (χ0n) is 16.3. The zero-order valence-corrected chi connectivity index (χ0v) is 19.4. The highest BCUT2D eigenvalue weighted by atomic mass is 79.9. The van der Waals surface area contributed by atoms with Crippen molar-refractivity contribution in [3.05, 3.63) is 104 Å². The molecule has 5 nitrogen and oxygen atoms in total. The van der Waals surface area contributed by atoms with E-state index in [1.165, 1.54) is 12.1 Å². The summed E-state index contributed by atoms with van der Waals surface area (Å²) in [5, 5.41) is 0.763. The average molecular weight is 531 g/mol. The van der Waals surface area contributed by atoms with Crippen LogP contribution in [0.4, 0.5) is 0 Å². The molecule has 0 fully saturated rings. The lowest BCUT2D eigenvalue weighted by Gasteiger charge is -2.08. The molecule has 8 heteroatoms. The van der Waals surface area contributed by atoms with Gasteiger partial charge in [-0.15, -0.1) is 0 Å². The molecular weight excluding hydrogens is 517 g/mol. The smallest absolute Gasteiger partial charge is 0.363 e. The minimum absolute atomic E-state index is 0.0458. The third-order valence-corrected chi connectivity index (χ3v) is 5.50. The molecule has 0 radical (unpaired) electrons. The van der Waals surface area contributed by atoms with Gasteiger partial charge in [0, 0.05) is 15.1 Å². The molecule has 160 valence electrons. The molecule has 0 N–H and O–H groups in total. The number of carbonyl (C=O) groups is 2. The van der Waals surface area contributed by atoms with E-state index in [1.807, 2.05) is 30.3 Å². The molecule has 1 aliphatic rings. The van der Waals surface area contributed by atoms with Gasteiger partial charge >= 0.3 is 11.9 Å². The van der Waals surface area contributed by atoms with Crippen molar-refractivity contribution < 1.29 is 19.1 Å². The summed E-state index contributed by atoms with van der Waals surface area (Å²) < 4.78 is 11.6. The van der Waals surface area contributed by atoms with Crippen molar-refractivity contribution >= 4 is 63.0 Å². The molecule has 0 spiro atoms. The van der Waals surface area contributed by atoms with Crippen LogP contribution in [0.3, 0.4) is 0 Å². The van der Waals surface area contributed by atoms with E-state index in [1.54, 1.807) is 30.3 Å². The van der Waals surface area contributed by atoms with E-state index < -0.39 is 11.9 Å². The van der Waals surface area contributed by atoms with E-state index >= 15 is 0 Å². The molecule has 0 atom stereocenters. The van der Waals surface area contributed by atoms with Gasteiger partial charge in [-0.3, -0.25) is 4.79 Å². The Hall–Kier alpha value is -2.93. The van der Waals surface area contributed by atoms with Gasteiger partial charge in [-0.2, -0.15) is 0 Å². The maximum Gasteiger partial charge on any atom is 0.363 e. The molecule has 0 aliphatic carbocycles. The number of carbonyl (C=O) groups excluding carboxylic acids is 2. The van der Waals surface area contributed by atoms with Gasteiger partial charge in [0.25, 0.3) is 0 Å². The maximum atomic E-state index is 12.4. The average Bonchev–Trinajstić information content (AvgIpc) is 3.10. The number of hydrogen-bond donors (Lipinski definition) is 0. The maximum absolute atomic E-state index is 12.4. The number of nitrogens with zero attached hydrogens (tertiary/aromatic N) is 1. The van der Waals surface area contributed by atoms with Gasteiger partial charge in [-0.25, -0.2) is 9.79 Å². The molecule has 0 bridgehead atoms. The number of benzene rings is 3. The number of cyclic esters (lactones) is 1. The first-order valence-electron chi connectivity index (χ1n) is 9.41. The van der Waals surface area contributed by atoms with E-state index in [0.717, 1.165) is 10.0 Å².